The molecular weight excluding hydrogens is 319 g/mol. The number of halogens is 3. The second-order valence-electron chi connectivity index (χ2n) is 4.42. The van der Waals surface area contributed by atoms with Crippen molar-refractivity contribution in [2.45, 2.75) is 21.9 Å². The molecule has 0 unspecified atom stereocenters. The van der Waals surface area contributed by atoms with Gasteiger partial charge in [0.25, 0.3) is 0 Å². The first-order valence-electron chi connectivity index (χ1n) is 6.01. The maximum absolute atomic E-state index is 12.3. The summed E-state index contributed by atoms with van der Waals surface area (Å²) in [6, 6.07) is 5.98. The van der Waals surface area contributed by atoms with E-state index >= 15 is 0 Å². The van der Waals surface area contributed by atoms with Gasteiger partial charge in [-0.2, -0.15) is 24.9 Å². The standard InChI is InChI=1S/C13H10F3N3S2/c14-13(15,16)21-8-3-1-7(2-4-8)12-18-10-6-20-5-9(10)11(17)19-12/h1-4H,5-6H2,(H2,17,18,19). The molecule has 1 aliphatic heterocycles. The predicted octanol–water partition coefficient (Wildman–Crippen LogP) is 4.08. The molecule has 0 fully saturated rings. The van der Waals surface area contributed by atoms with Gasteiger partial charge in [-0.25, -0.2) is 9.97 Å². The summed E-state index contributed by atoms with van der Waals surface area (Å²) < 4.78 is 36.9. The number of nitrogens with zero attached hydrogens (tertiary/aromatic N) is 2. The minimum Gasteiger partial charge on any atom is -0.383 e. The van der Waals surface area contributed by atoms with Gasteiger partial charge in [0.1, 0.15) is 5.82 Å². The molecule has 3 nitrogen and oxygen atoms in total. The van der Waals surface area contributed by atoms with E-state index in [2.05, 4.69) is 9.97 Å². The summed E-state index contributed by atoms with van der Waals surface area (Å²) in [7, 11) is 0. The Labute approximate surface area is 127 Å². The molecule has 0 bridgehead atoms. The van der Waals surface area contributed by atoms with Crippen molar-refractivity contribution in [1.82, 2.24) is 9.97 Å². The van der Waals surface area contributed by atoms with Gasteiger partial charge >= 0.3 is 5.51 Å². The molecule has 2 N–H and O–H groups in total. The van der Waals surface area contributed by atoms with E-state index < -0.39 is 5.51 Å². The third-order valence-electron chi connectivity index (χ3n) is 2.96. The Bertz CT molecular complexity index is 672. The van der Waals surface area contributed by atoms with Crippen molar-refractivity contribution < 1.29 is 13.2 Å². The normalized spacial score (nSPS) is 14.2. The lowest BCUT2D eigenvalue weighted by Crippen LogP contribution is -2.03. The molecule has 3 rings (SSSR count). The molecule has 2 heterocycles. The molecule has 0 atom stereocenters. The molecule has 0 saturated heterocycles. The molecule has 0 spiro atoms. The van der Waals surface area contributed by atoms with Crippen LogP contribution in [0.25, 0.3) is 11.4 Å². The minimum absolute atomic E-state index is 0.135. The molecule has 0 saturated carbocycles. The van der Waals surface area contributed by atoms with Gasteiger partial charge in [-0.3, -0.25) is 0 Å². The summed E-state index contributed by atoms with van der Waals surface area (Å²) in [6.45, 7) is 0. The van der Waals surface area contributed by atoms with Crippen LogP contribution in [0.5, 0.6) is 0 Å². The Hall–Kier alpha value is -1.41. The Morgan fingerprint density at radius 1 is 1.10 bits per heavy atom. The monoisotopic (exact) mass is 329 g/mol. The molecule has 0 aliphatic carbocycles. The summed E-state index contributed by atoms with van der Waals surface area (Å²) >= 11 is 1.58. The smallest absolute Gasteiger partial charge is 0.383 e. The van der Waals surface area contributed by atoms with Crippen molar-refractivity contribution in [3.8, 4) is 11.4 Å². The van der Waals surface area contributed by atoms with E-state index in [0.717, 1.165) is 22.8 Å². The van der Waals surface area contributed by atoms with Crippen LogP contribution in [-0.2, 0) is 11.5 Å². The Kier molecular flexibility index (Phi) is 3.75. The lowest BCUT2D eigenvalue weighted by atomic mass is 10.2. The molecule has 21 heavy (non-hydrogen) atoms. The van der Waals surface area contributed by atoms with Crippen LogP contribution in [0.2, 0.25) is 0 Å². The van der Waals surface area contributed by atoms with Crippen molar-refractivity contribution in [2.24, 2.45) is 0 Å². The van der Waals surface area contributed by atoms with Gasteiger partial charge in [0.2, 0.25) is 0 Å². The van der Waals surface area contributed by atoms with E-state index in [1.807, 2.05) is 0 Å². The Morgan fingerprint density at radius 3 is 2.48 bits per heavy atom. The molecule has 0 amide bonds. The molecule has 8 heteroatoms. The van der Waals surface area contributed by atoms with Crippen LogP contribution < -0.4 is 5.73 Å². The van der Waals surface area contributed by atoms with E-state index in [9.17, 15) is 13.2 Å². The van der Waals surface area contributed by atoms with E-state index in [4.69, 9.17) is 5.73 Å². The van der Waals surface area contributed by atoms with Crippen LogP contribution >= 0.6 is 23.5 Å². The third-order valence-corrected chi connectivity index (χ3v) is 4.67. The van der Waals surface area contributed by atoms with E-state index in [1.165, 1.54) is 12.1 Å². The van der Waals surface area contributed by atoms with Gasteiger partial charge in [0.15, 0.2) is 5.82 Å². The molecular formula is C13H10F3N3S2. The number of aromatic nitrogens is 2. The van der Waals surface area contributed by atoms with Crippen LogP contribution in [-0.4, -0.2) is 15.5 Å². The first-order valence-corrected chi connectivity index (χ1v) is 7.99. The van der Waals surface area contributed by atoms with Gasteiger partial charge in [0.05, 0.1) is 5.69 Å². The number of rotatable bonds is 2. The summed E-state index contributed by atoms with van der Waals surface area (Å²) in [5.74, 6) is 2.51. The molecule has 1 aliphatic rings. The Balaban J connectivity index is 1.89. The van der Waals surface area contributed by atoms with Gasteiger partial charge in [-0.1, -0.05) is 12.1 Å². The van der Waals surface area contributed by atoms with Gasteiger partial charge in [0, 0.05) is 27.5 Å². The zero-order valence-corrected chi connectivity index (χ0v) is 12.3. The Morgan fingerprint density at radius 2 is 1.81 bits per heavy atom. The highest BCUT2D eigenvalue weighted by Gasteiger charge is 2.29. The van der Waals surface area contributed by atoms with Crippen molar-refractivity contribution in [3.63, 3.8) is 0 Å². The van der Waals surface area contributed by atoms with E-state index in [1.54, 1.807) is 23.9 Å². The maximum Gasteiger partial charge on any atom is 0.446 e. The van der Waals surface area contributed by atoms with Gasteiger partial charge in [-0.05, 0) is 23.9 Å². The van der Waals surface area contributed by atoms with Gasteiger partial charge in [-0.15, -0.1) is 0 Å². The fourth-order valence-corrected chi connectivity index (χ4v) is 3.60. The molecule has 0 radical (unpaired) electrons. The number of anilines is 1. The third kappa shape index (κ3) is 3.26. The number of thioether (sulfide) groups is 2. The fraction of sp³-hybridized carbons (Fsp3) is 0.231. The number of nitrogens with two attached hydrogens (primary N) is 1. The summed E-state index contributed by atoms with van der Waals surface area (Å²) in [6.07, 6.45) is 0. The summed E-state index contributed by atoms with van der Waals surface area (Å²) in [4.78, 5) is 8.83. The summed E-state index contributed by atoms with van der Waals surface area (Å²) in [5.41, 5.74) is 4.16. The van der Waals surface area contributed by atoms with E-state index in [0.29, 0.717) is 17.2 Å². The zero-order chi connectivity index (χ0) is 15.0. The minimum atomic E-state index is -4.28. The first-order chi connectivity index (χ1) is 9.92. The second kappa shape index (κ2) is 5.42. The van der Waals surface area contributed by atoms with Crippen LogP contribution in [0.1, 0.15) is 11.3 Å². The highest BCUT2D eigenvalue weighted by atomic mass is 32.2. The highest BCUT2D eigenvalue weighted by molar-refractivity contribution is 8.00. The van der Waals surface area contributed by atoms with Crippen molar-refractivity contribution >= 4 is 29.3 Å². The highest BCUT2D eigenvalue weighted by Crippen LogP contribution is 2.37. The maximum atomic E-state index is 12.3. The number of benzene rings is 1. The molecule has 110 valence electrons. The predicted molar refractivity (Wildman–Crippen MR) is 78.8 cm³/mol. The average Bonchev–Trinajstić information content (AvgIpc) is 2.86. The van der Waals surface area contributed by atoms with Crippen LogP contribution in [0.15, 0.2) is 29.2 Å². The average molecular weight is 329 g/mol. The first kappa shape index (κ1) is 14.5. The number of alkyl halides is 3. The van der Waals surface area contributed by atoms with Gasteiger partial charge < -0.3 is 5.73 Å². The van der Waals surface area contributed by atoms with Crippen molar-refractivity contribution in [3.05, 3.63) is 35.5 Å². The quantitative estimate of drug-likeness (QED) is 0.841. The topological polar surface area (TPSA) is 51.8 Å². The fourth-order valence-electron chi connectivity index (χ4n) is 2.01. The molecule has 1 aromatic carbocycles. The largest absolute Gasteiger partial charge is 0.446 e. The van der Waals surface area contributed by atoms with Crippen LogP contribution in [0.3, 0.4) is 0 Å². The van der Waals surface area contributed by atoms with Crippen LogP contribution in [0.4, 0.5) is 19.0 Å². The number of nitrogen functional groups attached to an aromatic ring is 1. The lowest BCUT2D eigenvalue weighted by Gasteiger charge is -2.08. The zero-order valence-electron chi connectivity index (χ0n) is 10.6. The molecule has 1 aromatic heterocycles. The lowest BCUT2D eigenvalue weighted by molar-refractivity contribution is -0.0328. The van der Waals surface area contributed by atoms with Crippen molar-refractivity contribution in [1.29, 1.82) is 0 Å². The second-order valence-corrected chi connectivity index (χ2v) is 6.55. The van der Waals surface area contributed by atoms with E-state index in [-0.39, 0.29) is 16.7 Å². The number of hydrogen-bond donors (Lipinski definition) is 1. The van der Waals surface area contributed by atoms with Crippen molar-refractivity contribution in [2.75, 3.05) is 5.73 Å². The summed E-state index contributed by atoms with van der Waals surface area (Å²) in [5, 5.41) is 0. The number of hydrogen-bond acceptors (Lipinski definition) is 5. The number of fused-ring (bicyclic) bond motifs is 1. The SMILES string of the molecule is Nc1nc(-c2ccc(SC(F)(F)F)cc2)nc2c1CSC2. The molecule has 2 aromatic rings. The van der Waals surface area contributed by atoms with Crippen LogP contribution in [0, 0.1) is 0 Å².